The summed E-state index contributed by atoms with van der Waals surface area (Å²) in [6.07, 6.45) is 2.30. The monoisotopic (exact) mass is 241 g/mol. The molecule has 92 valence electrons. The number of rotatable bonds is 3. The number of hydrogen-bond donors (Lipinski definition) is 1. The maximum atomic E-state index is 11.8. The third-order valence-corrected chi connectivity index (χ3v) is 3.36. The van der Waals surface area contributed by atoms with Crippen molar-refractivity contribution >= 4 is 16.9 Å². The van der Waals surface area contributed by atoms with Crippen molar-refractivity contribution in [3.05, 3.63) is 42.7 Å². The van der Waals surface area contributed by atoms with Gasteiger partial charge in [0, 0.05) is 25.4 Å². The summed E-state index contributed by atoms with van der Waals surface area (Å²) in [6, 6.07) is 7.93. The van der Waals surface area contributed by atoms with Crippen LogP contribution in [0.2, 0.25) is 0 Å². The molecule has 1 atom stereocenters. The zero-order valence-corrected chi connectivity index (χ0v) is 10.1. The average molecular weight is 241 g/mol. The second kappa shape index (κ2) is 4.29. The van der Waals surface area contributed by atoms with E-state index in [2.05, 4.69) is 16.5 Å². The molecule has 4 heteroatoms. The van der Waals surface area contributed by atoms with Gasteiger partial charge in [0.1, 0.15) is 5.82 Å². The first kappa shape index (κ1) is 11.0. The van der Waals surface area contributed by atoms with Gasteiger partial charge in [0.25, 0.3) is 0 Å². The largest absolute Gasteiger partial charge is 0.342 e. The number of H-pyrrole nitrogens is 1. The maximum Gasteiger partial charge on any atom is 0.223 e. The Morgan fingerprint density at radius 3 is 3.11 bits per heavy atom. The highest BCUT2D eigenvalue weighted by molar-refractivity contribution is 5.80. The van der Waals surface area contributed by atoms with Crippen LogP contribution in [-0.4, -0.2) is 33.9 Å². The quantitative estimate of drug-likeness (QED) is 0.836. The van der Waals surface area contributed by atoms with Crippen LogP contribution in [0, 0.1) is 0 Å². The molecule has 1 saturated heterocycles. The third-order valence-electron chi connectivity index (χ3n) is 3.36. The van der Waals surface area contributed by atoms with E-state index in [1.165, 1.54) is 0 Å². The molecule has 2 aromatic rings. The molecule has 1 aliphatic rings. The van der Waals surface area contributed by atoms with E-state index in [4.69, 9.17) is 0 Å². The second-order valence-electron chi connectivity index (χ2n) is 4.63. The van der Waals surface area contributed by atoms with E-state index < -0.39 is 0 Å². The van der Waals surface area contributed by atoms with Crippen LogP contribution in [0.25, 0.3) is 11.0 Å². The Balaban J connectivity index is 1.87. The molecule has 1 N–H and O–H groups in total. The van der Waals surface area contributed by atoms with Gasteiger partial charge in [-0.05, 0) is 12.1 Å². The number of aromatic amines is 1. The summed E-state index contributed by atoms with van der Waals surface area (Å²) < 4.78 is 0. The number of carbonyl (C=O) groups is 1. The van der Waals surface area contributed by atoms with E-state index in [9.17, 15) is 4.79 Å². The van der Waals surface area contributed by atoms with Gasteiger partial charge >= 0.3 is 0 Å². The van der Waals surface area contributed by atoms with Gasteiger partial charge in [0.2, 0.25) is 5.91 Å². The fraction of sp³-hybridized carbons (Fsp3) is 0.286. The highest BCUT2D eigenvalue weighted by atomic mass is 16.2. The van der Waals surface area contributed by atoms with Crippen molar-refractivity contribution in [1.82, 2.24) is 14.9 Å². The van der Waals surface area contributed by atoms with Crippen LogP contribution in [-0.2, 0) is 4.79 Å². The summed E-state index contributed by atoms with van der Waals surface area (Å²) in [5.74, 6) is 1.27. The third kappa shape index (κ3) is 1.79. The normalized spacial score (nSPS) is 19.7. The topological polar surface area (TPSA) is 49.0 Å². The molecule has 0 spiro atoms. The lowest BCUT2D eigenvalue weighted by Gasteiger charge is -2.12. The summed E-state index contributed by atoms with van der Waals surface area (Å²) in [6.45, 7) is 5.02. The number of fused-ring (bicyclic) bond motifs is 1. The van der Waals surface area contributed by atoms with Gasteiger partial charge in [-0.15, -0.1) is 6.58 Å². The molecule has 2 heterocycles. The molecule has 0 bridgehead atoms. The van der Waals surface area contributed by atoms with Crippen LogP contribution >= 0.6 is 0 Å². The van der Waals surface area contributed by atoms with Gasteiger partial charge < -0.3 is 9.88 Å². The standard InChI is InChI=1S/C14H15N3O/c1-2-7-17-9-10(8-13(17)18)14-15-11-5-3-4-6-12(11)16-14/h2-6,10H,1,7-9H2,(H,15,16)/t10-/m1/s1. The number of amides is 1. The lowest BCUT2D eigenvalue weighted by Crippen LogP contribution is -2.24. The molecular formula is C14H15N3O. The molecule has 1 amide bonds. The van der Waals surface area contributed by atoms with E-state index >= 15 is 0 Å². The predicted octanol–water partition coefficient (Wildman–Crippen LogP) is 2.06. The van der Waals surface area contributed by atoms with E-state index in [1.54, 1.807) is 6.08 Å². The Hall–Kier alpha value is -2.10. The van der Waals surface area contributed by atoms with E-state index in [1.807, 2.05) is 29.2 Å². The SMILES string of the molecule is C=CCN1C[C@H](c2nc3ccccc3[nH]2)CC1=O. The molecule has 0 saturated carbocycles. The molecular weight excluding hydrogens is 226 g/mol. The minimum atomic E-state index is 0.171. The van der Waals surface area contributed by atoms with Crippen LogP contribution in [0.3, 0.4) is 0 Å². The Morgan fingerprint density at radius 2 is 2.33 bits per heavy atom. The van der Waals surface area contributed by atoms with Crippen molar-refractivity contribution in [3.63, 3.8) is 0 Å². The summed E-state index contributed by atoms with van der Waals surface area (Å²) in [4.78, 5) is 21.5. The van der Waals surface area contributed by atoms with Gasteiger partial charge in [-0.2, -0.15) is 0 Å². The van der Waals surface area contributed by atoms with Crippen molar-refractivity contribution in [1.29, 1.82) is 0 Å². The molecule has 0 aliphatic carbocycles. The number of nitrogens with one attached hydrogen (secondary N) is 1. The highest BCUT2D eigenvalue weighted by Crippen LogP contribution is 2.27. The molecule has 1 aliphatic heterocycles. The zero-order chi connectivity index (χ0) is 12.5. The highest BCUT2D eigenvalue weighted by Gasteiger charge is 2.31. The lowest BCUT2D eigenvalue weighted by atomic mass is 10.1. The Kier molecular flexibility index (Phi) is 2.63. The molecule has 1 fully saturated rings. The number of hydrogen-bond acceptors (Lipinski definition) is 2. The first-order valence-electron chi connectivity index (χ1n) is 6.11. The Bertz CT molecular complexity index is 569. The number of carbonyl (C=O) groups excluding carboxylic acids is 1. The van der Waals surface area contributed by atoms with Gasteiger partial charge in [0.15, 0.2) is 0 Å². The van der Waals surface area contributed by atoms with Gasteiger partial charge in [0.05, 0.1) is 11.0 Å². The van der Waals surface area contributed by atoms with Crippen LogP contribution in [0.15, 0.2) is 36.9 Å². The Labute approximate surface area is 105 Å². The zero-order valence-electron chi connectivity index (χ0n) is 10.1. The van der Waals surface area contributed by atoms with Crippen molar-refractivity contribution in [2.75, 3.05) is 13.1 Å². The molecule has 0 unspecified atom stereocenters. The number of likely N-dealkylation sites (tertiary alicyclic amines) is 1. The minimum Gasteiger partial charge on any atom is -0.342 e. The first-order valence-corrected chi connectivity index (χ1v) is 6.11. The second-order valence-corrected chi connectivity index (χ2v) is 4.63. The van der Waals surface area contributed by atoms with Crippen molar-refractivity contribution < 1.29 is 4.79 Å². The number of nitrogens with zero attached hydrogens (tertiary/aromatic N) is 2. The van der Waals surface area contributed by atoms with Crippen LogP contribution < -0.4 is 0 Å². The summed E-state index contributed by atoms with van der Waals surface area (Å²) in [5.41, 5.74) is 1.99. The average Bonchev–Trinajstić information content (AvgIpc) is 2.94. The van der Waals surface area contributed by atoms with Crippen molar-refractivity contribution in [2.45, 2.75) is 12.3 Å². The number of para-hydroxylation sites is 2. The summed E-state index contributed by atoms with van der Waals surface area (Å²) in [7, 11) is 0. The molecule has 18 heavy (non-hydrogen) atoms. The Morgan fingerprint density at radius 1 is 1.50 bits per heavy atom. The predicted molar refractivity (Wildman–Crippen MR) is 70.2 cm³/mol. The number of aromatic nitrogens is 2. The van der Waals surface area contributed by atoms with Crippen LogP contribution in [0.1, 0.15) is 18.2 Å². The van der Waals surface area contributed by atoms with Gasteiger partial charge in [-0.25, -0.2) is 4.98 Å². The van der Waals surface area contributed by atoms with Gasteiger partial charge in [-0.1, -0.05) is 18.2 Å². The maximum absolute atomic E-state index is 11.8. The van der Waals surface area contributed by atoms with E-state index in [0.29, 0.717) is 13.0 Å². The molecule has 0 radical (unpaired) electrons. The van der Waals surface area contributed by atoms with Crippen LogP contribution in [0.4, 0.5) is 0 Å². The van der Waals surface area contributed by atoms with Crippen molar-refractivity contribution in [3.8, 4) is 0 Å². The summed E-state index contributed by atoms with van der Waals surface area (Å²) in [5, 5.41) is 0. The minimum absolute atomic E-state index is 0.171. The molecule has 1 aromatic heterocycles. The number of benzene rings is 1. The first-order chi connectivity index (χ1) is 8.78. The summed E-state index contributed by atoms with van der Waals surface area (Å²) >= 11 is 0. The lowest BCUT2D eigenvalue weighted by molar-refractivity contribution is -0.127. The van der Waals surface area contributed by atoms with E-state index in [-0.39, 0.29) is 11.8 Å². The van der Waals surface area contributed by atoms with Crippen LogP contribution in [0.5, 0.6) is 0 Å². The smallest absolute Gasteiger partial charge is 0.223 e. The molecule has 4 nitrogen and oxygen atoms in total. The van der Waals surface area contributed by atoms with Gasteiger partial charge in [-0.3, -0.25) is 4.79 Å². The number of imidazole rings is 1. The fourth-order valence-electron chi connectivity index (χ4n) is 2.45. The van der Waals surface area contributed by atoms with Crippen molar-refractivity contribution in [2.24, 2.45) is 0 Å². The molecule has 3 rings (SSSR count). The van der Waals surface area contributed by atoms with E-state index in [0.717, 1.165) is 23.4 Å². The fourth-order valence-corrected chi connectivity index (χ4v) is 2.45. The molecule has 1 aromatic carbocycles.